The van der Waals surface area contributed by atoms with Crippen LogP contribution in [0.3, 0.4) is 0 Å². The fourth-order valence-electron chi connectivity index (χ4n) is 1.83. The van der Waals surface area contributed by atoms with E-state index in [1.807, 2.05) is 42.5 Å². The molecule has 0 aliphatic rings. The maximum absolute atomic E-state index is 12.0. The predicted molar refractivity (Wildman–Crippen MR) is 86.3 cm³/mol. The maximum atomic E-state index is 12.0. The standard InChI is InChI=1S/C16H16N2O2S/c1-18(16(19)20-14-8-3-2-4-9-14)11-12-6-5-7-13(10-12)15(17)21/h2-10H,11H2,1H3,(H2,17,21). The molecule has 2 aromatic rings. The molecule has 0 atom stereocenters. The van der Waals surface area contributed by atoms with Crippen LogP contribution >= 0.6 is 12.2 Å². The van der Waals surface area contributed by atoms with Crippen molar-refractivity contribution < 1.29 is 9.53 Å². The zero-order chi connectivity index (χ0) is 15.2. The molecule has 2 rings (SSSR count). The maximum Gasteiger partial charge on any atom is 0.415 e. The minimum absolute atomic E-state index is 0.339. The third-order valence-electron chi connectivity index (χ3n) is 2.89. The third kappa shape index (κ3) is 4.29. The minimum Gasteiger partial charge on any atom is -0.410 e. The highest BCUT2D eigenvalue weighted by molar-refractivity contribution is 7.80. The normalized spacial score (nSPS) is 9.95. The lowest BCUT2D eigenvalue weighted by molar-refractivity contribution is 0.161. The van der Waals surface area contributed by atoms with Crippen molar-refractivity contribution in [3.05, 3.63) is 65.7 Å². The first-order valence-electron chi connectivity index (χ1n) is 6.43. The van der Waals surface area contributed by atoms with E-state index in [2.05, 4.69) is 0 Å². The first kappa shape index (κ1) is 15.0. The molecule has 4 nitrogen and oxygen atoms in total. The van der Waals surface area contributed by atoms with Crippen LogP contribution < -0.4 is 10.5 Å². The number of carbonyl (C=O) groups is 1. The molecule has 2 aromatic carbocycles. The number of para-hydroxylation sites is 1. The van der Waals surface area contributed by atoms with E-state index in [-0.39, 0.29) is 0 Å². The fourth-order valence-corrected chi connectivity index (χ4v) is 1.96. The van der Waals surface area contributed by atoms with Gasteiger partial charge in [-0.3, -0.25) is 0 Å². The van der Waals surface area contributed by atoms with Gasteiger partial charge in [0, 0.05) is 19.2 Å². The van der Waals surface area contributed by atoms with Gasteiger partial charge in [0.2, 0.25) is 0 Å². The monoisotopic (exact) mass is 300 g/mol. The molecule has 0 spiro atoms. The molecule has 0 aliphatic carbocycles. The number of ether oxygens (including phenoxy) is 1. The fraction of sp³-hybridized carbons (Fsp3) is 0.125. The Balaban J connectivity index is 2.00. The largest absolute Gasteiger partial charge is 0.415 e. The van der Waals surface area contributed by atoms with Crippen LogP contribution in [0, 0.1) is 0 Å². The molecule has 0 aromatic heterocycles. The lowest BCUT2D eigenvalue weighted by Crippen LogP contribution is -2.29. The van der Waals surface area contributed by atoms with E-state index >= 15 is 0 Å². The highest BCUT2D eigenvalue weighted by Gasteiger charge is 2.12. The zero-order valence-corrected chi connectivity index (χ0v) is 12.5. The van der Waals surface area contributed by atoms with Crippen molar-refractivity contribution in [2.24, 2.45) is 5.73 Å². The Morgan fingerprint density at radius 2 is 1.90 bits per heavy atom. The number of benzene rings is 2. The molecule has 1 amide bonds. The second-order valence-electron chi connectivity index (χ2n) is 4.60. The summed E-state index contributed by atoms with van der Waals surface area (Å²) in [7, 11) is 1.68. The summed E-state index contributed by atoms with van der Waals surface area (Å²) >= 11 is 4.95. The average Bonchev–Trinajstić information content (AvgIpc) is 2.48. The quantitative estimate of drug-likeness (QED) is 0.882. The van der Waals surface area contributed by atoms with Crippen molar-refractivity contribution in [1.82, 2.24) is 4.90 Å². The van der Waals surface area contributed by atoms with Gasteiger partial charge in [0.15, 0.2) is 0 Å². The molecule has 0 heterocycles. The summed E-state index contributed by atoms with van der Waals surface area (Å²) < 4.78 is 5.26. The third-order valence-corrected chi connectivity index (χ3v) is 3.13. The molecule has 0 bridgehead atoms. The second kappa shape index (κ2) is 6.85. The van der Waals surface area contributed by atoms with Gasteiger partial charge in [-0.25, -0.2) is 4.79 Å². The number of rotatable bonds is 4. The molecule has 5 heteroatoms. The van der Waals surface area contributed by atoms with Gasteiger partial charge in [-0.2, -0.15) is 0 Å². The second-order valence-corrected chi connectivity index (χ2v) is 5.04. The molecule has 0 unspecified atom stereocenters. The number of nitrogens with two attached hydrogens (primary N) is 1. The van der Waals surface area contributed by atoms with E-state index in [1.165, 1.54) is 4.90 Å². The Labute approximate surface area is 129 Å². The summed E-state index contributed by atoms with van der Waals surface area (Å²) in [6.45, 7) is 0.419. The van der Waals surface area contributed by atoms with E-state index in [9.17, 15) is 4.79 Å². The Kier molecular flexibility index (Phi) is 4.90. The molecule has 0 saturated heterocycles. The molecule has 0 radical (unpaired) electrons. The summed E-state index contributed by atoms with van der Waals surface area (Å²) in [5.41, 5.74) is 7.32. The summed E-state index contributed by atoms with van der Waals surface area (Å²) in [5, 5.41) is 0. The Morgan fingerprint density at radius 1 is 1.19 bits per heavy atom. The molecule has 2 N–H and O–H groups in total. The van der Waals surface area contributed by atoms with Crippen molar-refractivity contribution in [3.63, 3.8) is 0 Å². The summed E-state index contributed by atoms with van der Waals surface area (Å²) in [6.07, 6.45) is -0.415. The Morgan fingerprint density at radius 3 is 2.57 bits per heavy atom. The zero-order valence-electron chi connectivity index (χ0n) is 11.7. The van der Waals surface area contributed by atoms with E-state index in [4.69, 9.17) is 22.7 Å². The number of amides is 1. The number of nitrogens with zero attached hydrogens (tertiary/aromatic N) is 1. The van der Waals surface area contributed by atoms with E-state index < -0.39 is 6.09 Å². The number of hydrogen-bond acceptors (Lipinski definition) is 3. The topological polar surface area (TPSA) is 55.6 Å². The smallest absolute Gasteiger partial charge is 0.410 e. The minimum atomic E-state index is -0.415. The van der Waals surface area contributed by atoms with Crippen LogP contribution in [0.15, 0.2) is 54.6 Å². The van der Waals surface area contributed by atoms with Gasteiger partial charge in [-0.05, 0) is 23.8 Å². The van der Waals surface area contributed by atoms with Crippen molar-refractivity contribution in [2.75, 3.05) is 7.05 Å². The molecule has 108 valence electrons. The van der Waals surface area contributed by atoms with Crippen molar-refractivity contribution in [3.8, 4) is 5.75 Å². The van der Waals surface area contributed by atoms with Gasteiger partial charge in [0.05, 0.1) is 0 Å². The van der Waals surface area contributed by atoms with Crippen LogP contribution in [-0.2, 0) is 6.54 Å². The lowest BCUT2D eigenvalue weighted by atomic mass is 10.1. The van der Waals surface area contributed by atoms with Gasteiger partial charge in [0.25, 0.3) is 0 Å². The summed E-state index contributed by atoms with van der Waals surface area (Å²) in [4.78, 5) is 13.8. The van der Waals surface area contributed by atoms with Gasteiger partial charge in [-0.1, -0.05) is 48.6 Å². The van der Waals surface area contributed by atoms with Gasteiger partial charge < -0.3 is 15.4 Å². The van der Waals surface area contributed by atoms with Crippen LogP contribution in [-0.4, -0.2) is 23.0 Å². The van der Waals surface area contributed by atoms with Crippen LogP contribution in [0.2, 0.25) is 0 Å². The number of hydrogen-bond donors (Lipinski definition) is 1. The van der Waals surface area contributed by atoms with Crippen molar-refractivity contribution in [1.29, 1.82) is 0 Å². The first-order chi connectivity index (χ1) is 10.1. The molecule has 0 saturated carbocycles. The average molecular weight is 300 g/mol. The SMILES string of the molecule is CN(Cc1cccc(C(N)=S)c1)C(=O)Oc1ccccc1. The molecule has 0 aliphatic heterocycles. The van der Waals surface area contributed by atoms with Gasteiger partial charge >= 0.3 is 6.09 Å². The highest BCUT2D eigenvalue weighted by Crippen LogP contribution is 2.12. The molecular weight excluding hydrogens is 284 g/mol. The summed E-state index contributed by atoms with van der Waals surface area (Å²) in [6, 6.07) is 16.4. The van der Waals surface area contributed by atoms with Gasteiger partial charge in [-0.15, -0.1) is 0 Å². The predicted octanol–water partition coefficient (Wildman–Crippen LogP) is 2.95. The van der Waals surface area contributed by atoms with Crippen LogP contribution in [0.5, 0.6) is 5.75 Å². The van der Waals surface area contributed by atoms with E-state index in [0.29, 0.717) is 17.3 Å². The summed E-state index contributed by atoms with van der Waals surface area (Å²) in [5.74, 6) is 0.520. The number of carbonyl (C=O) groups excluding carboxylic acids is 1. The molecule has 21 heavy (non-hydrogen) atoms. The number of thiocarbonyl (C=S) groups is 1. The highest BCUT2D eigenvalue weighted by atomic mass is 32.1. The van der Waals surface area contributed by atoms with Crippen LogP contribution in [0.4, 0.5) is 4.79 Å². The van der Waals surface area contributed by atoms with Gasteiger partial charge in [0.1, 0.15) is 10.7 Å². The van der Waals surface area contributed by atoms with Crippen LogP contribution in [0.1, 0.15) is 11.1 Å². The first-order valence-corrected chi connectivity index (χ1v) is 6.84. The van der Waals surface area contributed by atoms with Crippen molar-refractivity contribution >= 4 is 23.3 Å². The molecule has 0 fully saturated rings. The Bertz CT molecular complexity index is 644. The van der Waals surface area contributed by atoms with E-state index in [1.54, 1.807) is 19.2 Å². The molecular formula is C16H16N2O2S. The Hall–Kier alpha value is -2.40. The van der Waals surface area contributed by atoms with Crippen molar-refractivity contribution in [2.45, 2.75) is 6.54 Å². The lowest BCUT2D eigenvalue weighted by Gasteiger charge is -2.17. The van der Waals surface area contributed by atoms with E-state index in [0.717, 1.165) is 11.1 Å². The van der Waals surface area contributed by atoms with Crippen LogP contribution in [0.25, 0.3) is 0 Å².